The number of carbonyl (C=O) groups excluding carboxylic acids is 1. The van der Waals surface area contributed by atoms with Crippen molar-refractivity contribution in [3.05, 3.63) is 25.3 Å². The van der Waals surface area contributed by atoms with Crippen molar-refractivity contribution in [3.8, 4) is 0 Å². The van der Waals surface area contributed by atoms with E-state index in [9.17, 15) is 4.79 Å². The van der Waals surface area contributed by atoms with Crippen LogP contribution >= 0.6 is 0 Å². The highest BCUT2D eigenvalue weighted by atomic mass is 16.5. The molecule has 0 bridgehead atoms. The minimum atomic E-state index is -0.270. The molecule has 3 nitrogen and oxygen atoms in total. The molecule has 0 fully saturated rings. The third-order valence-corrected chi connectivity index (χ3v) is 1.22. The van der Waals surface area contributed by atoms with Crippen molar-refractivity contribution in [2.75, 3.05) is 19.8 Å². The van der Waals surface area contributed by atoms with E-state index in [4.69, 9.17) is 4.74 Å². The summed E-state index contributed by atoms with van der Waals surface area (Å²) in [6, 6.07) is 0. The second-order valence-corrected chi connectivity index (χ2v) is 2.38. The summed E-state index contributed by atoms with van der Waals surface area (Å²) >= 11 is 0. The van der Waals surface area contributed by atoms with Gasteiger partial charge in [0.1, 0.15) is 6.73 Å². The van der Waals surface area contributed by atoms with E-state index in [-0.39, 0.29) is 5.97 Å². The molecule has 0 N–H and O–H groups in total. The van der Waals surface area contributed by atoms with E-state index in [2.05, 4.69) is 13.2 Å². The summed E-state index contributed by atoms with van der Waals surface area (Å²) in [7, 11) is 0. The van der Waals surface area contributed by atoms with Gasteiger partial charge < -0.3 is 4.74 Å². The van der Waals surface area contributed by atoms with E-state index < -0.39 is 0 Å². The third kappa shape index (κ3) is 5.68. The zero-order chi connectivity index (χ0) is 9.40. The Morgan fingerprint density at radius 2 is 1.92 bits per heavy atom. The van der Waals surface area contributed by atoms with E-state index in [0.717, 1.165) is 0 Å². The molecule has 0 aliphatic carbocycles. The van der Waals surface area contributed by atoms with Crippen molar-refractivity contribution in [2.45, 2.75) is 6.92 Å². The Labute approximate surface area is 73.3 Å². The highest BCUT2D eigenvalue weighted by Crippen LogP contribution is 1.90. The zero-order valence-corrected chi connectivity index (χ0v) is 7.45. The van der Waals surface area contributed by atoms with Crippen molar-refractivity contribution in [2.24, 2.45) is 0 Å². The van der Waals surface area contributed by atoms with Crippen molar-refractivity contribution < 1.29 is 9.53 Å². The Balaban J connectivity index is 3.68. The van der Waals surface area contributed by atoms with Gasteiger partial charge in [0.2, 0.25) is 0 Å². The molecule has 0 saturated carbocycles. The summed E-state index contributed by atoms with van der Waals surface area (Å²) in [5, 5.41) is 0. The molecule has 0 aromatic heterocycles. The van der Waals surface area contributed by atoms with Crippen LogP contribution in [0.5, 0.6) is 0 Å². The van der Waals surface area contributed by atoms with Gasteiger partial charge in [0.05, 0.1) is 0 Å². The maximum atomic E-state index is 10.5. The van der Waals surface area contributed by atoms with E-state index in [0.29, 0.717) is 19.8 Å². The SMILES string of the molecule is C=CCN(CC=C)COC(C)=O. The number of nitrogens with zero attached hydrogens (tertiary/aromatic N) is 1. The molecular weight excluding hydrogens is 154 g/mol. The fraction of sp³-hybridized carbons (Fsp3) is 0.444. The Kier molecular flexibility index (Phi) is 6.01. The highest BCUT2D eigenvalue weighted by Gasteiger charge is 2.01. The first-order valence-electron chi connectivity index (χ1n) is 3.78. The van der Waals surface area contributed by atoms with Crippen LogP contribution in [0.25, 0.3) is 0 Å². The van der Waals surface area contributed by atoms with Crippen LogP contribution in [0.3, 0.4) is 0 Å². The lowest BCUT2D eigenvalue weighted by Crippen LogP contribution is -2.27. The zero-order valence-electron chi connectivity index (χ0n) is 7.45. The molecule has 0 spiro atoms. The Morgan fingerprint density at radius 1 is 1.42 bits per heavy atom. The number of hydrogen-bond donors (Lipinski definition) is 0. The average molecular weight is 169 g/mol. The number of hydrogen-bond acceptors (Lipinski definition) is 3. The quantitative estimate of drug-likeness (QED) is 0.340. The van der Waals surface area contributed by atoms with Crippen LogP contribution in [-0.2, 0) is 9.53 Å². The summed E-state index contributed by atoms with van der Waals surface area (Å²) in [5.41, 5.74) is 0. The predicted octanol–water partition coefficient (Wildman–Crippen LogP) is 1.18. The molecular formula is C9H15NO2. The fourth-order valence-electron chi connectivity index (χ4n) is 0.727. The van der Waals surface area contributed by atoms with Gasteiger partial charge in [0.15, 0.2) is 0 Å². The van der Waals surface area contributed by atoms with Crippen molar-refractivity contribution >= 4 is 5.97 Å². The molecule has 0 radical (unpaired) electrons. The number of esters is 1. The van der Waals surface area contributed by atoms with Crippen LogP contribution in [0.15, 0.2) is 25.3 Å². The third-order valence-electron chi connectivity index (χ3n) is 1.22. The van der Waals surface area contributed by atoms with E-state index in [1.165, 1.54) is 6.92 Å². The monoisotopic (exact) mass is 169 g/mol. The van der Waals surface area contributed by atoms with Crippen LogP contribution in [0.1, 0.15) is 6.92 Å². The Hall–Kier alpha value is -1.09. The minimum Gasteiger partial charge on any atom is -0.450 e. The smallest absolute Gasteiger partial charge is 0.303 e. The van der Waals surface area contributed by atoms with Crippen LogP contribution < -0.4 is 0 Å². The normalized spacial score (nSPS) is 9.50. The predicted molar refractivity (Wildman–Crippen MR) is 48.6 cm³/mol. The molecule has 0 aromatic rings. The minimum absolute atomic E-state index is 0.270. The molecule has 0 saturated heterocycles. The molecule has 0 heterocycles. The van der Waals surface area contributed by atoms with Crippen LogP contribution in [0.2, 0.25) is 0 Å². The van der Waals surface area contributed by atoms with Gasteiger partial charge in [0.25, 0.3) is 0 Å². The van der Waals surface area contributed by atoms with Crippen molar-refractivity contribution in [3.63, 3.8) is 0 Å². The first kappa shape index (κ1) is 10.9. The van der Waals surface area contributed by atoms with Gasteiger partial charge in [-0.25, -0.2) is 0 Å². The summed E-state index contributed by atoms with van der Waals surface area (Å²) in [6.07, 6.45) is 3.51. The molecule has 0 atom stereocenters. The molecule has 0 aliphatic rings. The lowest BCUT2D eigenvalue weighted by molar-refractivity contribution is -0.145. The molecule has 12 heavy (non-hydrogen) atoms. The summed E-state index contributed by atoms with van der Waals surface area (Å²) in [6.45, 7) is 10.3. The molecule has 0 rings (SSSR count). The van der Waals surface area contributed by atoms with Gasteiger partial charge in [-0.05, 0) is 0 Å². The topological polar surface area (TPSA) is 29.5 Å². The van der Waals surface area contributed by atoms with Crippen LogP contribution in [-0.4, -0.2) is 30.7 Å². The van der Waals surface area contributed by atoms with Gasteiger partial charge in [-0.1, -0.05) is 12.2 Å². The van der Waals surface area contributed by atoms with Crippen LogP contribution in [0, 0.1) is 0 Å². The Morgan fingerprint density at radius 3 is 2.25 bits per heavy atom. The fourth-order valence-corrected chi connectivity index (χ4v) is 0.727. The summed E-state index contributed by atoms with van der Waals surface area (Å²) < 4.78 is 4.80. The first-order chi connectivity index (χ1) is 5.70. The molecule has 0 aromatic carbocycles. The van der Waals surface area contributed by atoms with Gasteiger partial charge in [0, 0.05) is 20.0 Å². The van der Waals surface area contributed by atoms with Crippen LogP contribution in [0.4, 0.5) is 0 Å². The molecule has 0 amide bonds. The number of ether oxygens (including phenoxy) is 1. The first-order valence-corrected chi connectivity index (χ1v) is 3.78. The van der Waals surface area contributed by atoms with E-state index >= 15 is 0 Å². The average Bonchev–Trinajstić information content (AvgIpc) is 2.01. The Bertz CT molecular complexity index is 156. The maximum absolute atomic E-state index is 10.5. The molecule has 0 aliphatic heterocycles. The number of rotatable bonds is 6. The van der Waals surface area contributed by atoms with E-state index in [1.807, 2.05) is 4.90 Å². The molecule has 3 heteroatoms. The lowest BCUT2D eigenvalue weighted by atomic mass is 10.5. The maximum Gasteiger partial charge on any atom is 0.303 e. The largest absolute Gasteiger partial charge is 0.450 e. The lowest BCUT2D eigenvalue weighted by Gasteiger charge is -2.17. The summed E-state index contributed by atoms with van der Waals surface area (Å²) in [5.74, 6) is -0.270. The second-order valence-electron chi connectivity index (χ2n) is 2.38. The van der Waals surface area contributed by atoms with Gasteiger partial charge in [-0.2, -0.15) is 0 Å². The molecule has 0 unspecified atom stereocenters. The van der Waals surface area contributed by atoms with Gasteiger partial charge in [-0.15, -0.1) is 13.2 Å². The number of carbonyl (C=O) groups is 1. The van der Waals surface area contributed by atoms with Crippen molar-refractivity contribution in [1.82, 2.24) is 4.90 Å². The molecule has 68 valence electrons. The standard InChI is InChI=1S/C9H15NO2/c1-4-6-10(7-5-2)8-12-9(3)11/h4-5H,1-2,6-8H2,3H3. The van der Waals surface area contributed by atoms with E-state index in [1.54, 1.807) is 12.2 Å². The van der Waals surface area contributed by atoms with Crippen molar-refractivity contribution in [1.29, 1.82) is 0 Å². The summed E-state index contributed by atoms with van der Waals surface area (Å²) in [4.78, 5) is 12.4. The highest BCUT2D eigenvalue weighted by molar-refractivity contribution is 5.65. The second kappa shape index (κ2) is 6.61. The van der Waals surface area contributed by atoms with Gasteiger partial charge >= 0.3 is 5.97 Å². The van der Waals surface area contributed by atoms with Gasteiger partial charge in [-0.3, -0.25) is 9.69 Å².